The summed E-state index contributed by atoms with van der Waals surface area (Å²) in [5.74, 6) is 0.480. The van der Waals surface area contributed by atoms with E-state index in [1.54, 1.807) is 10.6 Å². The molecule has 0 N–H and O–H groups in total. The zero-order valence-corrected chi connectivity index (χ0v) is 17.4. The summed E-state index contributed by atoms with van der Waals surface area (Å²) < 4.78 is 14.5. The highest BCUT2D eigenvalue weighted by Crippen LogP contribution is 2.40. The van der Waals surface area contributed by atoms with Crippen LogP contribution in [0, 0.1) is 0 Å². The number of hydrogen-bond donors (Lipinski definition) is 0. The van der Waals surface area contributed by atoms with Crippen molar-refractivity contribution in [3.05, 3.63) is 52.4 Å². The van der Waals surface area contributed by atoms with E-state index in [0.717, 1.165) is 54.4 Å². The molecule has 1 spiro atoms. The van der Waals surface area contributed by atoms with Gasteiger partial charge in [-0.15, -0.1) is 0 Å². The molecule has 0 amide bonds. The molecule has 3 aliphatic rings. The quantitative estimate of drug-likeness (QED) is 0.776. The van der Waals surface area contributed by atoms with Crippen LogP contribution < -0.4 is 10.3 Å². The summed E-state index contributed by atoms with van der Waals surface area (Å²) in [5.41, 5.74) is 3.23. The molecule has 1 aromatic carbocycles. The highest BCUT2D eigenvalue weighted by Gasteiger charge is 2.42. The lowest BCUT2D eigenvalue weighted by Gasteiger charge is -2.47. The molecule has 2 fully saturated rings. The van der Waals surface area contributed by atoms with Gasteiger partial charge < -0.3 is 14.0 Å². The normalized spacial score (nSPS) is 21.6. The SMILES string of the molecule is CC(C)n1cc(-c2ccc3c(c2)COC2(CCN(C4CCC4)CC2)O3)ccc1=O. The zero-order valence-electron chi connectivity index (χ0n) is 17.4. The lowest BCUT2D eigenvalue weighted by atomic mass is 9.89. The number of piperidine rings is 1. The Morgan fingerprint density at radius 1 is 1.07 bits per heavy atom. The molecular formula is C24H30N2O3. The summed E-state index contributed by atoms with van der Waals surface area (Å²) in [6, 6.07) is 10.8. The van der Waals surface area contributed by atoms with Crippen LogP contribution in [0.1, 0.15) is 57.6 Å². The van der Waals surface area contributed by atoms with Gasteiger partial charge >= 0.3 is 0 Å². The smallest absolute Gasteiger partial charge is 0.250 e. The average Bonchev–Trinajstić information content (AvgIpc) is 2.68. The third-order valence-electron chi connectivity index (χ3n) is 6.83. The molecule has 0 bridgehead atoms. The molecule has 0 atom stereocenters. The minimum Gasteiger partial charge on any atom is -0.462 e. The maximum Gasteiger partial charge on any atom is 0.250 e. The van der Waals surface area contributed by atoms with Crippen LogP contribution >= 0.6 is 0 Å². The van der Waals surface area contributed by atoms with Gasteiger partial charge in [-0.2, -0.15) is 0 Å². The Bertz CT molecular complexity index is 953. The fraction of sp³-hybridized carbons (Fsp3) is 0.542. The predicted molar refractivity (Wildman–Crippen MR) is 113 cm³/mol. The number of aromatic nitrogens is 1. The van der Waals surface area contributed by atoms with E-state index < -0.39 is 5.79 Å². The second kappa shape index (κ2) is 7.29. The van der Waals surface area contributed by atoms with Crippen molar-refractivity contribution in [3.8, 4) is 16.9 Å². The topological polar surface area (TPSA) is 43.7 Å². The van der Waals surface area contributed by atoms with E-state index in [4.69, 9.17) is 9.47 Å². The molecule has 0 unspecified atom stereocenters. The Balaban J connectivity index is 1.34. The minimum atomic E-state index is -0.459. The van der Waals surface area contributed by atoms with Crippen LogP contribution in [-0.2, 0) is 11.3 Å². The van der Waals surface area contributed by atoms with Gasteiger partial charge in [-0.25, -0.2) is 0 Å². The Morgan fingerprint density at radius 3 is 2.52 bits per heavy atom. The van der Waals surface area contributed by atoms with Crippen LogP contribution in [-0.4, -0.2) is 34.4 Å². The number of pyridine rings is 1. The molecule has 3 heterocycles. The van der Waals surface area contributed by atoms with E-state index in [0.29, 0.717) is 6.61 Å². The van der Waals surface area contributed by atoms with E-state index >= 15 is 0 Å². The minimum absolute atomic E-state index is 0.0311. The van der Waals surface area contributed by atoms with Crippen LogP contribution in [0.3, 0.4) is 0 Å². The molecule has 1 aromatic heterocycles. The number of hydrogen-bond acceptors (Lipinski definition) is 4. The molecular weight excluding hydrogens is 364 g/mol. The lowest BCUT2D eigenvalue weighted by molar-refractivity contribution is -0.231. The number of nitrogens with zero attached hydrogens (tertiary/aromatic N) is 2. The molecule has 1 saturated heterocycles. The summed E-state index contributed by atoms with van der Waals surface area (Å²) in [4.78, 5) is 14.7. The van der Waals surface area contributed by atoms with Gasteiger partial charge in [-0.05, 0) is 56.0 Å². The summed E-state index contributed by atoms with van der Waals surface area (Å²) >= 11 is 0. The van der Waals surface area contributed by atoms with Gasteiger partial charge in [0.15, 0.2) is 0 Å². The van der Waals surface area contributed by atoms with Crippen molar-refractivity contribution < 1.29 is 9.47 Å². The van der Waals surface area contributed by atoms with Crippen molar-refractivity contribution >= 4 is 0 Å². The Morgan fingerprint density at radius 2 is 1.83 bits per heavy atom. The predicted octanol–water partition coefficient (Wildman–Crippen LogP) is 4.35. The highest BCUT2D eigenvalue weighted by atomic mass is 16.7. The van der Waals surface area contributed by atoms with Crippen LogP contribution in [0.25, 0.3) is 11.1 Å². The first-order chi connectivity index (χ1) is 14.0. The highest BCUT2D eigenvalue weighted by molar-refractivity contribution is 5.65. The summed E-state index contributed by atoms with van der Waals surface area (Å²) in [5, 5.41) is 0. The third-order valence-corrected chi connectivity index (χ3v) is 6.83. The van der Waals surface area contributed by atoms with E-state index in [1.807, 2.05) is 26.1 Å². The van der Waals surface area contributed by atoms with Crippen molar-refractivity contribution in [2.24, 2.45) is 0 Å². The fourth-order valence-electron chi connectivity index (χ4n) is 4.72. The fourth-order valence-corrected chi connectivity index (χ4v) is 4.72. The Labute approximate surface area is 172 Å². The van der Waals surface area contributed by atoms with Crippen molar-refractivity contribution in [3.63, 3.8) is 0 Å². The van der Waals surface area contributed by atoms with Crippen molar-refractivity contribution in [1.29, 1.82) is 0 Å². The molecule has 2 aliphatic heterocycles. The van der Waals surface area contributed by atoms with Gasteiger partial charge in [0.05, 0.1) is 6.61 Å². The van der Waals surface area contributed by atoms with E-state index in [-0.39, 0.29) is 11.6 Å². The van der Waals surface area contributed by atoms with Crippen molar-refractivity contribution in [1.82, 2.24) is 9.47 Å². The molecule has 154 valence electrons. The summed E-state index contributed by atoms with van der Waals surface area (Å²) in [6.07, 6.45) is 7.89. The Hall–Kier alpha value is -2.11. The van der Waals surface area contributed by atoms with E-state index in [1.165, 1.54) is 19.3 Å². The number of likely N-dealkylation sites (tertiary alicyclic amines) is 1. The van der Waals surface area contributed by atoms with Crippen LogP contribution in [0.2, 0.25) is 0 Å². The first kappa shape index (κ1) is 18.9. The summed E-state index contributed by atoms with van der Waals surface area (Å²) in [6.45, 7) is 6.75. The number of benzene rings is 1. The monoisotopic (exact) mass is 394 g/mol. The maximum atomic E-state index is 12.1. The lowest BCUT2D eigenvalue weighted by Crippen LogP contribution is -2.54. The van der Waals surface area contributed by atoms with Gasteiger partial charge in [0.25, 0.3) is 5.56 Å². The van der Waals surface area contributed by atoms with Crippen molar-refractivity contribution in [2.45, 2.75) is 70.4 Å². The van der Waals surface area contributed by atoms with Gasteiger partial charge in [0, 0.05) is 55.8 Å². The number of ether oxygens (including phenoxy) is 2. The molecule has 2 aromatic rings. The zero-order chi connectivity index (χ0) is 20.0. The van der Waals surface area contributed by atoms with Gasteiger partial charge in [-0.3, -0.25) is 9.69 Å². The number of rotatable bonds is 3. The van der Waals surface area contributed by atoms with Crippen LogP contribution in [0.5, 0.6) is 5.75 Å². The van der Waals surface area contributed by atoms with Crippen LogP contribution in [0.15, 0.2) is 41.3 Å². The largest absolute Gasteiger partial charge is 0.462 e. The summed E-state index contributed by atoms with van der Waals surface area (Å²) in [7, 11) is 0. The Kier molecular flexibility index (Phi) is 4.75. The maximum absolute atomic E-state index is 12.1. The third kappa shape index (κ3) is 3.51. The van der Waals surface area contributed by atoms with Gasteiger partial charge in [-0.1, -0.05) is 12.5 Å². The standard InChI is InChI=1S/C24H30N2O3/c1-17(2)26-15-19(7-9-23(26)27)18-6-8-22-20(14-18)16-28-24(29-22)10-12-25(13-11-24)21-4-3-5-21/h6-9,14-15,17,21H,3-5,10-13,16H2,1-2H3. The van der Waals surface area contributed by atoms with Gasteiger partial charge in [0.2, 0.25) is 5.79 Å². The van der Waals surface area contributed by atoms with E-state index in [2.05, 4.69) is 23.1 Å². The van der Waals surface area contributed by atoms with E-state index in [9.17, 15) is 4.79 Å². The van der Waals surface area contributed by atoms with Gasteiger partial charge in [0.1, 0.15) is 5.75 Å². The molecule has 5 heteroatoms. The van der Waals surface area contributed by atoms with Crippen molar-refractivity contribution in [2.75, 3.05) is 13.1 Å². The molecule has 1 saturated carbocycles. The first-order valence-electron chi connectivity index (χ1n) is 11.0. The first-order valence-corrected chi connectivity index (χ1v) is 11.0. The van der Waals surface area contributed by atoms with Crippen LogP contribution in [0.4, 0.5) is 0 Å². The molecule has 1 aliphatic carbocycles. The molecule has 5 nitrogen and oxygen atoms in total. The second-order valence-electron chi connectivity index (χ2n) is 9.00. The number of fused-ring (bicyclic) bond motifs is 1. The molecule has 29 heavy (non-hydrogen) atoms. The second-order valence-corrected chi connectivity index (χ2v) is 9.00. The molecule has 0 radical (unpaired) electrons. The average molecular weight is 395 g/mol. The molecule has 5 rings (SSSR count).